The molecule has 0 unspecified atom stereocenters. The van der Waals surface area contributed by atoms with Gasteiger partial charge in [-0.1, -0.05) is 0 Å². The summed E-state index contributed by atoms with van der Waals surface area (Å²) in [7, 11) is 0. The molecule has 0 spiro atoms. The van der Waals surface area contributed by atoms with Gasteiger partial charge in [-0.15, -0.1) is 0 Å². The summed E-state index contributed by atoms with van der Waals surface area (Å²) in [5, 5.41) is 2.74. The summed E-state index contributed by atoms with van der Waals surface area (Å²) in [6, 6.07) is 10.7. The standard InChI is InChI=1S/C19H22N2O5/c1-13-3-8-17(25-13)19(23)26-14(2)18(22)20-15-4-6-16(7-5-15)21-9-11-24-12-10-21/h3-8,14H,9-12H2,1-2H3,(H,20,22)/t14-/m0/s1. The average molecular weight is 358 g/mol. The maximum absolute atomic E-state index is 12.2. The largest absolute Gasteiger partial charge is 0.454 e. The van der Waals surface area contributed by atoms with E-state index >= 15 is 0 Å². The smallest absolute Gasteiger partial charge is 0.375 e. The number of esters is 1. The molecule has 2 heterocycles. The maximum Gasteiger partial charge on any atom is 0.375 e. The third-order valence-corrected chi connectivity index (χ3v) is 4.11. The zero-order chi connectivity index (χ0) is 18.5. The Morgan fingerprint density at radius 1 is 1.12 bits per heavy atom. The monoisotopic (exact) mass is 358 g/mol. The third kappa shape index (κ3) is 4.43. The lowest BCUT2D eigenvalue weighted by molar-refractivity contribution is -0.123. The first-order valence-corrected chi connectivity index (χ1v) is 8.54. The number of morpholine rings is 1. The molecule has 7 nitrogen and oxygen atoms in total. The van der Waals surface area contributed by atoms with E-state index in [2.05, 4.69) is 10.2 Å². The molecule has 7 heteroatoms. The van der Waals surface area contributed by atoms with Crippen LogP contribution in [0.25, 0.3) is 0 Å². The van der Waals surface area contributed by atoms with E-state index in [0.717, 1.165) is 32.0 Å². The van der Waals surface area contributed by atoms with Crippen molar-refractivity contribution in [1.29, 1.82) is 0 Å². The molecular formula is C19H22N2O5. The van der Waals surface area contributed by atoms with Gasteiger partial charge in [-0.3, -0.25) is 4.79 Å². The highest BCUT2D eigenvalue weighted by Gasteiger charge is 2.21. The van der Waals surface area contributed by atoms with Crippen LogP contribution >= 0.6 is 0 Å². The number of carbonyl (C=O) groups is 2. The molecule has 138 valence electrons. The number of hydrogen-bond donors (Lipinski definition) is 1. The summed E-state index contributed by atoms with van der Waals surface area (Å²) in [4.78, 5) is 26.4. The number of ether oxygens (including phenoxy) is 2. The zero-order valence-corrected chi connectivity index (χ0v) is 14.9. The van der Waals surface area contributed by atoms with Gasteiger partial charge in [0.2, 0.25) is 5.76 Å². The number of hydrogen-bond acceptors (Lipinski definition) is 6. The summed E-state index contributed by atoms with van der Waals surface area (Å²) in [5.74, 6) is -0.379. The number of nitrogens with one attached hydrogen (secondary N) is 1. The van der Waals surface area contributed by atoms with Crippen LogP contribution in [0.1, 0.15) is 23.2 Å². The maximum atomic E-state index is 12.2. The fraction of sp³-hybridized carbons (Fsp3) is 0.368. The molecule has 0 radical (unpaired) electrons. The van der Waals surface area contributed by atoms with Gasteiger partial charge in [0.05, 0.1) is 13.2 Å². The van der Waals surface area contributed by atoms with Gasteiger partial charge in [-0.05, 0) is 50.2 Å². The number of amides is 1. The molecule has 0 bridgehead atoms. The molecule has 1 saturated heterocycles. The van der Waals surface area contributed by atoms with Crippen molar-refractivity contribution >= 4 is 23.3 Å². The SMILES string of the molecule is Cc1ccc(C(=O)O[C@@H](C)C(=O)Nc2ccc(N3CCOCC3)cc2)o1. The van der Waals surface area contributed by atoms with E-state index in [1.54, 1.807) is 13.0 Å². The Hall–Kier alpha value is -2.80. The van der Waals surface area contributed by atoms with Crippen LogP contribution in [0, 0.1) is 6.92 Å². The number of anilines is 2. The number of carbonyl (C=O) groups excluding carboxylic acids is 2. The Bertz CT molecular complexity index is 762. The molecule has 1 fully saturated rings. The van der Waals surface area contributed by atoms with Gasteiger partial charge in [-0.25, -0.2) is 4.79 Å². The molecule has 1 aromatic carbocycles. The van der Waals surface area contributed by atoms with Crippen LogP contribution in [0.15, 0.2) is 40.8 Å². The first-order chi connectivity index (χ1) is 12.5. The topological polar surface area (TPSA) is 81.0 Å². The summed E-state index contributed by atoms with van der Waals surface area (Å²) < 4.78 is 15.7. The predicted molar refractivity (Wildman–Crippen MR) is 96.4 cm³/mol. The van der Waals surface area contributed by atoms with Crippen LogP contribution in [0.5, 0.6) is 0 Å². The molecule has 1 aromatic heterocycles. The lowest BCUT2D eigenvalue weighted by atomic mass is 10.2. The van der Waals surface area contributed by atoms with E-state index in [0.29, 0.717) is 11.4 Å². The van der Waals surface area contributed by atoms with Crippen LogP contribution in [0.2, 0.25) is 0 Å². The van der Waals surface area contributed by atoms with E-state index in [1.165, 1.54) is 13.0 Å². The molecule has 1 amide bonds. The second-order valence-corrected chi connectivity index (χ2v) is 6.09. The fourth-order valence-corrected chi connectivity index (χ4v) is 2.64. The molecule has 1 aliphatic heterocycles. The average Bonchev–Trinajstić information content (AvgIpc) is 3.09. The Morgan fingerprint density at radius 3 is 2.42 bits per heavy atom. The molecular weight excluding hydrogens is 336 g/mol. The minimum absolute atomic E-state index is 0.0806. The van der Waals surface area contributed by atoms with E-state index in [1.807, 2.05) is 24.3 Å². The van der Waals surface area contributed by atoms with Crippen molar-refractivity contribution in [1.82, 2.24) is 0 Å². The highest BCUT2D eigenvalue weighted by atomic mass is 16.6. The number of aryl methyl sites for hydroxylation is 1. The van der Waals surface area contributed by atoms with Crippen molar-refractivity contribution in [3.63, 3.8) is 0 Å². The minimum Gasteiger partial charge on any atom is -0.454 e. The highest BCUT2D eigenvalue weighted by Crippen LogP contribution is 2.19. The van der Waals surface area contributed by atoms with Gasteiger partial charge >= 0.3 is 5.97 Å². The summed E-state index contributed by atoms with van der Waals surface area (Å²) in [6.07, 6.45) is -0.938. The van der Waals surface area contributed by atoms with E-state index in [4.69, 9.17) is 13.9 Å². The summed E-state index contributed by atoms with van der Waals surface area (Å²) >= 11 is 0. The van der Waals surface area contributed by atoms with E-state index in [-0.39, 0.29) is 5.76 Å². The Labute approximate surface area is 151 Å². The minimum atomic E-state index is -0.938. The van der Waals surface area contributed by atoms with Crippen molar-refractivity contribution in [3.8, 4) is 0 Å². The van der Waals surface area contributed by atoms with Crippen LogP contribution in [0.3, 0.4) is 0 Å². The zero-order valence-electron chi connectivity index (χ0n) is 14.9. The first-order valence-electron chi connectivity index (χ1n) is 8.54. The third-order valence-electron chi connectivity index (χ3n) is 4.11. The van der Waals surface area contributed by atoms with Gasteiger partial charge in [0.15, 0.2) is 6.10 Å². The molecule has 2 aromatic rings. The van der Waals surface area contributed by atoms with Gasteiger partial charge < -0.3 is 24.1 Å². The Kier molecular flexibility index (Phi) is 5.58. The molecule has 26 heavy (non-hydrogen) atoms. The van der Waals surface area contributed by atoms with Crippen LogP contribution in [0.4, 0.5) is 11.4 Å². The van der Waals surface area contributed by atoms with Gasteiger partial charge in [0, 0.05) is 24.5 Å². The lowest BCUT2D eigenvalue weighted by Crippen LogP contribution is -2.36. The second-order valence-electron chi connectivity index (χ2n) is 6.09. The van der Waals surface area contributed by atoms with Crippen LogP contribution in [-0.4, -0.2) is 44.3 Å². The van der Waals surface area contributed by atoms with Crippen molar-refractivity contribution in [2.75, 3.05) is 36.5 Å². The van der Waals surface area contributed by atoms with E-state index in [9.17, 15) is 9.59 Å². The quantitative estimate of drug-likeness (QED) is 0.828. The van der Waals surface area contributed by atoms with Gasteiger partial charge in [0.25, 0.3) is 5.91 Å². The van der Waals surface area contributed by atoms with Crippen molar-refractivity contribution in [3.05, 3.63) is 47.9 Å². The predicted octanol–water partition coefficient (Wildman–Crippen LogP) is 2.61. The number of benzene rings is 1. The van der Waals surface area contributed by atoms with Crippen LogP contribution in [-0.2, 0) is 14.3 Å². The number of nitrogens with zero attached hydrogens (tertiary/aromatic N) is 1. The Morgan fingerprint density at radius 2 is 1.81 bits per heavy atom. The normalized spacial score (nSPS) is 15.4. The highest BCUT2D eigenvalue weighted by molar-refractivity contribution is 5.96. The van der Waals surface area contributed by atoms with Crippen molar-refractivity contribution < 1.29 is 23.5 Å². The molecule has 1 atom stereocenters. The molecule has 0 saturated carbocycles. The summed E-state index contributed by atoms with van der Waals surface area (Å²) in [5.41, 5.74) is 1.72. The van der Waals surface area contributed by atoms with Gasteiger partial charge in [-0.2, -0.15) is 0 Å². The first kappa shape index (κ1) is 18.0. The Balaban J connectivity index is 1.54. The molecule has 1 N–H and O–H groups in total. The van der Waals surface area contributed by atoms with Crippen LogP contribution < -0.4 is 10.2 Å². The second kappa shape index (κ2) is 8.05. The van der Waals surface area contributed by atoms with Crippen molar-refractivity contribution in [2.45, 2.75) is 20.0 Å². The van der Waals surface area contributed by atoms with Crippen molar-refractivity contribution in [2.24, 2.45) is 0 Å². The van der Waals surface area contributed by atoms with Gasteiger partial charge in [0.1, 0.15) is 5.76 Å². The van der Waals surface area contributed by atoms with E-state index < -0.39 is 18.0 Å². The fourth-order valence-electron chi connectivity index (χ4n) is 2.64. The number of rotatable bonds is 5. The molecule has 1 aliphatic rings. The number of furan rings is 1. The lowest BCUT2D eigenvalue weighted by Gasteiger charge is -2.28. The molecule has 0 aliphatic carbocycles. The summed E-state index contributed by atoms with van der Waals surface area (Å²) in [6.45, 7) is 6.39. The molecule has 3 rings (SSSR count).